The average Bonchev–Trinajstić information content (AvgIpc) is 3.66. The molecule has 1 N–H and O–H groups in total. The van der Waals surface area contributed by atoms with Crippen molar-refractivity contribution >= 4 is 26.8 Å². The van der Waals surface area contributed by atoms with Gasteiger partial charge in [-0.1, -0.05) is 13.8 Å². The van der Waals surface area contributed by atoms with Crippen LogP contribution in [-0.4, -0.2) is 80.8 Å². The Morgan fingerprint density at radius 2 is 1.90 bits per heavy atom. The quantitative estimate of drug-likeness (QED) is 0.362. The standard InChI is InChI=1S/C27H35N7O3S2/c1-16(2)22-23(19-13-21(37-4)26-28-15-29-34(26)14-19)31-32-24(22)27-30-17(3)25(38-27)18-5-7-20(8-6-18)33-9-11-39(35,36)12-10-33/h13-16,18,20H,5-12H2,1-4H3,(H,31,32). The molecule has 10 nitrogen and oxygen atoms in total. The van der Waals surface area contributed by atoms with E-state index >= 15 is 0 Å². The van der Waals surface area contributed by atoms with Crippen molar-refractivity contribution in [3.63, 3.8) is 0 Å². The molecule has 2 fully saturated rings. The van der Waals surface area contributed by atoms with Gasteiger partial charge in [0, 0.05) is 41.3 Å². The van der Waals surface area contributed by atoms with Crippen molar-refractivity contribution in [1.29, 1.82) is 0 Å². The number of ether oxygens (including phenoxy) is 1. The fourth-order valence-corrected chi connectivity index (χ4v) is 8.63. The summed E-state index contributed by atoms with van der Waals surface area (Å²) in [4.78, 5) is 13.1. The fraction of sp³-hybridized carbons (Fsp3) is 0.556. The van der Waals surface area contributed by atoms with E-state index in [0.717, 1.165) is 58.9 Å². The minimum absolute atomic E-state index is 0.225. The lowest BCUT2D eigenvalue weighted by atomic mass is 9.84. The summed E-state index contributed by atoms with van der Waals surface area (Å²) < 4.78 is 31.0. The number of rotatable bonds is 6. The van der Waals surface area contributed by atoms with Crippen LogP contribution in [-0.2, 0) is 9.84 Å². The van der Waals surface area contributed by atoms with Gasteiger partial charge in [-0.3, -0.25) is 10.00 Å². The molecule has 0 spiro atoms. The Bertz CT molecular complexity index is 1580. The number of pyridine rings is 1. The molecule has 4 aromatic rings. The molecule has 0 aromatic carbocycles. The number of methoxy groups -OCH3 is 1. The smallest absolute Gasteiger partial charge is 0.197 e. The number of fused-ring (bicyclic) bond motifs is 1. The second-order valence-electron chi connectivity index (χ2n) is 11.0. The summed E-state index contributed by atoms with van der Waals surface area (Å²) in [6, 6.07) is 2.47. The Balaban J connectivity index is 1.25. The first-order valence-electron chi connectivity index (χ1n) is 13.6. The van der Waals surface area contributed by atoms with Crippen molar-refractivity contribution < 1.29 is 13.2 Å². The second-order valence-corrected chi connectivity index (χ2v) is 14.3. The van der Waals surface area contributed by atoms with E-state index in [9.17, 15) is 8.42 Å². The molecule has 0 amide bonds. The van der Waals surface area contributed by atoms with Gasteiger partial charge in [-0.05, 0) is 50.5 Å². The highest BCUT2D eigenvalue weighted by atomic mass is 32.2. The van der Waals surface area contributed by atoms with Crippen LogP contribution in [0.15, 0.2) is 18.6 Å². The third kappa shape index (κ3) is 4.98. The zero-order valence-electron chi connectivity index (χ0n) is 22.8. The van der Waals surface area contributed by atoms with Crippen LogP contribution >= 0.6 is 11.3 Å². The number of H-pyrrole nitrogens is 1. The number of hydrogen-bond donors (Lipinski definition) is 1. The van der Waals surface area contributed by atoms with E-state index in [0.29, 0.717) is 48.0 Å². The van der Waals surface area contributed by atoms with Gasteiger partial charge in [-0.15, -0.1) is 11.3 Å². The van der Waals surface area contributed by atoms with Gasteiger partial charge in [-0.25, -0.2) is 22.9 Å². The number of aromatic nitrogens is 6. The second kappa shape index (κ2) is 10.3. The molecule has 0 bridgehead atoms. The zero-order valence-corrected chi connectivity index (χ0v) is 24.5. The van der Waals surface area contributed by atoms with Crippen molar-refractivity contribution in [2.75, 3.05) is 31.7 Å². The first-order chi connectivity index (χ1) is 18.7. The molecular weight excluding hydrogens is 534 g/mol. The van der Waals surface area contributed by atoms with Crippen molar-refractivity contribution in [1.82, 2.24) is 34.7 Å². The highest BCUT2D eigenvalue weighted by Gasteiger charge is 2.32. The molecule has 39 heavy (non-hydrogen) atoms. The molecular formula is C27H35N7O3S2. The monoisotopic (exact) mass is 569 g/mol. The van der Waals surface area contributed by atoms with Crippen LogP contribution in [0.3, 0.4) is 0 Å². The molecule has 6 rings (SSSR count). The summed E-state index contributed by atoms with van der Waals surface area (Å²) in [5.41, 5.74) is 5.67. The topological polar surface area (TPSA) is 118 Å². The van der Waals surface area contributed by atoms with Crippen molar-refractivity contribution in [3.8, 4) is 27.7 Å². The normalized spacial score (nSPS) is 22.1. The van der Waals surface area contributed by atoms with Crippen LogP contribution in [0.4, 0.5) is 0 Å². The Morgan fingerprint density at radius 3 is 2.59 bits per heavy atom. The largest absolute Gasteiger partial charge is 0.493 e. The van der Waals surface area contributed by atoms with Gasteiger partial charge in [0.15, 0.2) is 21.2 Å². The lowest BCUT2D eigenvalue weighted by Crippen LogP contribution is -2.47. The van der Waals surface area contributed by atoms with Crippen LogP contribution in [0.1, 0.15) is 67.5 Å². The molecule has 0 unspecified atom stereocenters. The predicted molar refractivity (Wildman–Crippen MR) is 152 cm³/mol. The van der Waals surface area contributed by atoms with Gasteiger partial charge in [0.05, 0.1) is 30.0 Å². The molecule has 1 saturated carbocycles. The summed E-state index contributed by atoms with van der Waals surface area (Å²) in [5, 5.41) is 13.3. The molecule has 0 radical (unpaired) electrons. The number of hydrogen-bond acceptors (Lipinski definition) is 9. The maximum Gasteiger partial charge on any atom is 0.197 e. The Morgan fingerprint density at radius 1 is 1.15 bits per heavy atom. The highest BCUT2D eigenvalue weighted by Crippen LogP contribution is 2.43. The maximum atomic E-state index is 11.8. The lowest BCUT2D eigenvalue weighted by molar-refractivity contribution is 0.161. The van der Waals surface area contributed by atoms with E-state index in [1.807, 2.05) is 12.3 Å². The predicted octanol–water partition coefficient (Wildman–Crippen LogP) is 4.44. The molecule has 0 atom stereocenters. The molecule has 1 aliphatic heterocycles. The first kappa shape index (κ1) is 26.4. The van der Waals surface area contributed by atoms with Gasteiger partial charge in [0.25, 0.3) is 0 Å². The molecule has 5 heterocycles. The number of thiazole rings is 1. The van der Waals surface area contributed by atoms with E-state index in [1.165, 1.54) is 11.2 Å². The van der Waals surface area contributed by atoms with Crippen molar-refractivity contribution in [3.05, 3.63) is 34.7 Å². The summed E-state index contributed by atoms with van der Waals surface area (Å²) in [7, 11) is -1.21. The summed E-state index contributed by atoms with van der Waals surface area (Å²) in [6.45, 7) is 7.82. The minimum Gasteiger partial charge on any atom is -0.493 e. The zero-order chi connectivity index (χ0) is 27.3. The van der Waals surface area contributed by atoms with Gasteiger partial charge in [0.2, 0.25) is 0 Å². The fourth-order valence-electron chi connectivity index (χ4n) is 6.16. The highest BCUT2D eigenvalue weighted by molar-refractivity contribution is 7.91. The van der Waals surface area contributed by atoms with E-state index < -0.39 is 9.84 Å². The summed E-state index contributed by atoms with van der Waals surface area (Å²) in [5.74, 6) is 1.97. The van der Waals surface area contributed by atoms with Crippen molar-refractivity contribution in [2.24, 2.45) is 0 Å². The number of aryl methyl sites for hydroxylation is 1. The summed E-state index contributed by atoms with van der Waals surface area (Å²) >= 11 is 1.77. The number of nitrogens with zero attached hydrogens (tertiary/aromatic N) is 6. The minimum atomic E-state index is -2.84. The van der Waals surface area contributed by atoms with E-state index in [1.54, 1.807) is 23.0 Å². The van der Waals surface area contributed by atoms with Crippen LogP contribution in [0, 0.1) is 6.92 Å². The van der Waals surface area contributed by atoms with E-state index in [4.69, 9.17) is 14.8 Å². The molecule has 12 heteroatoms. The Kier molecular flexibility index (Phi) is 6.96. The van der Waals surface area contributed by atoms with Gasteiger partial charge < -0.3 is 4.74 Å². The Labute approximate surface area is 232 Å². The van der Waals surface area contributed by atoms with Crippen LogP contribution in [0.5, 0.6) is 5.75 Å². The summed E-state index contributed by atoms with van der Waals surface area (Å²) in [6.07, 6.45) is 7.89. The van der Waals surface area contributed by atoms with Gasteiger partial charge in [0.1, 0.15) is 17.0 Å². The molecule has 2 aliphatic rings. The van der Waals surface area contributed by atoms with Crippen LogP contribution in [0.25, 0.3) is 27.6 Å². The third-order valence-electron chi connectivity index (χ3n) is 8.23. The Hall–Kier alpha value is -2.83. The average molecular weight is 570 g/mol. The van der Waals surface area contributed by atoms with Crippen LogP contribution < -0.4 is 4.74 Å². The van der Waals surface area contributed by atoms with Crippen LogP contribution in [0.2, 0.25) is 0 Å². The molecule has 4 aromatic heterocycles. The maximum absolute atomic E-state index is 11.8. The number of nitrogens with one attached hydrogen (secondary N) is 1. The third-order valence-corrected chi connectivity index (χ3v) is 11.2. The van der Waals surface area contributed by atoms with E-state index in [2.05, 4.69) is 40.9 Å². The number of aromatic amines is 1. The van der Waals surface area contributed by atoms with Gasteiger partial charge >= 0.3 is 0 Å². The SMILES string of the molecule is COc1cc(-c2[nH]nc(-c3nc(C)c(C4CCC(N5CCS(=O)(=O)CC5)CC4)s3)c2C(C)C)cn2ncnc12. The lowest BCUT2D eigenvalue weighted by Gasteiger charge is -2.38. The number of sulfone groups is 1. The first-order valence-corrected chi connectivity index (χ1v) is 16.3. The van der Waals surface area contributed by atoms with Gasteiger partial charge in [-0.2, -0.15) is 10.2 Å². The molecule has 208 valence electrons. The molecule has 1 saturated heterocycles. The molecule has 1 aliphatic carbocycles. The van der Waals surface area contributed by atoms with Crippen molar-refractivity contribution in [2.45, 2.75) is 64.3 Å². The van der Waals surface area contributed by atoms with E-state index in [-0.39, 0.29) is 5.92 Å².